The molecule has 0 spiro atoms. The second-order valence-corrected chi connectivity index (χ2v) is 3.41. The van der Waals surface area contributed by atoms with Crippen LogP contribution < -0.4 is 0 Å². The molecule has 72 valence electrons. The normalized spacial score (nSPS) is 18.5. The number of hydrogen-bond acceptors (Lipinski definition) is 4. The maximum absolute atomic E-state index is 10.1. The van der Waals surface area contributed by atoms with Crippen LogP contribution in [0.5, 0.6) is 0 Å². The van der Waals surface area contributed by atoms with Crippen LogP contribution in [-0.4, -0.2) is 35.0 Å². The highest BCUT2D eigenvalue weighted by Gasteiger charge is 2.35. The van der Waals surface area contributed by atoms with E-state index in [1.807, 2.05) is 0 Å². The molecule has 0 saturated heterocycles. The van der Waals surface area contributed by atoms with Crippen molar-refractivity contribution in [1.82, 2.24) is 0 Å². The summed E-state index contributed by atoms with van der Waals surface area (Å²) >= 11 is 0. The Kier molecular flexibility index (Phi) is 4.20. The van der Waals surface area contributed by atoms with Crippen molar-refractivity contribution in [2.45, 2.75) is 32.5 Å². The van der Waals surface area contributed by atoms with E-state index < -0.39 is 18.3 Å². The fourth-order valence-corrected chi connectivity index (χ4v) is 1.17. The van der Waals surface area contributed by atoms with Gasteiger partial charge in [0.1, 0.15) is 11.7 Å². The fraction of sp³-hybridized carbons (Fsp3) is 0.875. The summed E-state index contributed by atoms with van der Waals surface area (Å²) in [4.78, 5) is 10.1. The molecule has 4 heteroatoms. The maximum Gasteiger partial charge on any atom is 0.293 e. The molecule has 2 N–H and O–H groups in total. The van der Waals surface area contributed by atoms with Crippen LogP contribution in [0, 0.1) is 5.92 Å². The summed E-state index contributed by atoms with van der Waals surface area (Å²) in [6, 6.07) is 0. The van der Waals surface area contributed by atoms with Gasteiger partial charge in [0.15, 0.2) is 0 Å². The Morgan fingerprint density at radius 1 is 1.58 bits per heavy atom. The topological polar surface area (TPSA) is 66.8 Å². The minimum Gasteiger partial charge on any atom is -0.461 e. The molecule has 0 fully saturated rings. The van der Waals surface area contributed by atoms with Gasteiger partial charge in [0, 0.05) is 0 Å². The lowest BCUT2D eigenvalue weighted by molar-refractivity contribution is -0.160. The molecule has 2 unspecified atom stereocenters. The SMILES string of the molecule is CC(C)C(OC=O)C(C)(O)CO. The van der Waals surface area contributed by atoms with Gasteiger partial charge >= 0.3 is 0 Å². The van der Waals surface area contributed by atoms with Crippen molar-refractivity contribution in [2.24, 2.45) is 5.92 Å². The minimum absolute atomic E-state index is 0.0302. The zero-order valence-electron chi connectivity index (χ0n) is 7.65. The molecule has 2 atom stereocenters. The molecule has 0 radical (unpaired) electrons. The largest absolute Gasteiger partial charge is 0.461 e. The van der Waals surface area contributed by atoms with Crippen LogP contribution in [0.2, 0.25) is 0 Å². The second kappa shape index (κ2) is 4.42. The quantitative estimate of drug-likeness (QED) is 0.575. The summed E-state index contributed by atoms with van der Waals surface area (Å²) in [5.41, 5.74) is -1.37. The molecule has 0 aliphatic heterocycles. The lowest BCUT2D eigenvalue weighted by atomic mass is 9.91. The lowest BCUT2D eigenvalue weighted by Gasteiger charge is -2.32. The van der Waals surface area contributed by atoms with E-state index in [0.29, 0.717) is 0 Å². The van der Waals surface area contributed by atoms with E-state index in [1.165, 1.54) is 6.92 Å². The van der Waals surface area contributed by atoms with Gasteiger partial charge in [0.2, 0.25) is 0 Å². The summed E-state index contributed by atoms with van der Waals surface area (Å²) in [7, 11) is 0. The van der Waals surface area contributed by atoms with Crippen molar-refractivity contribution >= 4 is 6.47 Å². The van der Waals surface area contributed by atoms with E-state index in [2.05, 4.69) is 4.74 Å². The first-order chi connectivity index (χ1) is 5.45. The molecule has 4 nitrogen and oxygen atoms in total. The number of aliphatic hydroxyl groups excluding tert-OH is 1. The molecule has 0 aliphatic rings. The summed E-state index contributed by atoms with van der Waals surface area (Å²) < 4.78 is 4.67. The number of carbonyl (C=O) groups excluding carboxylic acids is 1. The molecule has 0 saturated carbocycles. The van der Waals surface area contributed by atoms with Crippen LogP contribution in [0.15, 0.2) is 0 Å². The summed E-state index contributed by atoms with van der Waals surface area (Å²) in [5.74, 6) is -0.0302. The first-order valence-corrected chi connectivity index (χ1v) is 3.88. The van der Waals surface area contributed by atoms with Crippen molar-refractivity contribution < 1.29 is 19.7 Å². The smallest absolute Gasteiger partial charge is 0.293 e. The van der Waals surface area contributed by atoms with Crippen LogP contribution in [0.1, 0.15) is 20.8 Å². The predicted molar refractivity (Wildman–Crippen MR) is 43.5 cm³/mol. The third kappa shape index (κ3) is 2.79. The average molecular weight is 176 g/mol. The molecule has 0 amide bonds. The van der Waals surface area contributed by atoms with Crippen LogP contribution >= 0.6 is 0 Å². The molecule has 0 bridgehead atoms. The second-order valence-electron chi connectivity index (χ2n) is 3.41. The van der Waals surface area contributed by atoms with Crippen molar-refractivity contribution in [2.75, 3.05) is 6.61 Å². The Balaban J connectivity index is 4.37. The van der Waals surface area contributed by atoms with Gasteiger partial charge in [-0.3, -0.25) is 4.79 Å². The van der Waals surface area contributed by atoms with Gasteiger partial charge in [0.25, 0.3) is 6.47 Å². The van der Waals surface area contributed by atoms with Gasteiger partial charge in [-0.2, -0.15) is 0 Å². The van der Waals surface area contributed by atoms with E-state index in [-0.39, 0.29) is 12.4 Å². The van der Waals surface area contributed by atoms with E-state index in [4.69, 9.17) is 5.11 Å². The van der Waals surface area contributed by atoms with E-state index in [9.17, 15) is 9.90 Å². The summed E-state index contributed by atoms with van der Waals surface area (Å²) in [6.45, 7) is 4.90. The van der Waals surface area contributed by atoms with Gasteiger partial charge in [-0.15, -0.1) is 0 Å². The highest BCUT2D eigenvalue weighted by Crippen LogP contribution is 2.19. The van der Waals surface area contributed by atoms with Gasteiger partial charge in [-0.1, -0.05) is 13.8 Å². The molecular weight excluding hydrogens is 160 g/mol. The third-order valence-corrected chi connectivity index (χ3v) is 1.74. The third-order valence-electron chi connectivity index (χ3n) is 1.74. The van der Waals surface area contributed by atoms with Gasteiger partial charge in [-0.05, 0) is 12.8 Å². The number of carbonyl (C=O) groups is 1. The summed E-state index contributed by atoms with van der Waals surface area (Å²) in [6.07, 6.45) is -0.667. The van der Waals surface area contributed by atoms with Crippen molar-refractivity contribution in [3.63, 3.8) is 0 Å². The first-order valence-electron chi connectivity index (χ1n) is 3.88. The van der Waals surface area contributed by atoms with E-state index in [1.54, 1.807) is 13.8 Å². The van der Waals surface area contributed by atoms with Crippen molar-refractivity contribution in [3.8, 4) is 0 Å². The number of hydrogen-bond donors (Lipinski definition) is 2. The molecule has 0 aromatic rings. The number of rotatable bonds is 5. The zero-order chi connectivity index (χ0) is 9.78. The maximum atomic E-state index is 10.1. The molecule has 0 aliphatic carbocycles. The Bertz CT molecular complexity index is 142. The molecule has 12 heavy (non-hydrogen) atoms. The molecule has 0 aromatic carbocycles. The predicted octanol–water partition coefficient (Wildman–Crippen LogP) is -0.0727. The molecule has 0 aromatic heterocycles. The molecule has 0 rings (SSSR count). The van der Waals surface area contributed by atoms with Gasteiger partial charge in [0.05, 0.1) is 6.61 Å². The fourth-order valence-electron chi connectivity index (χ4n) is 1.17. The minimum atomic E-state index is -1.37. The van der Waals surface area contributed by atoms with Crippen molar-refractivity contribution in [1.29, 1.82) is 0 Å². The van der Waals surface area contributed by atoms with Gasteiger partial charge < -0.3 is 14.9 Å². The highest BCUT2D eigenvalue weighted by atomic mass is 16.5. The molecule has 0 heterocycles. The van der Waals surface area contributed by atoms with Crippen molar-refractivity contribution in [3.05, 3.63) is 0 Å². The number of ether oxygens (including phenoxy) is 1. The monoisotopic (exact) mass is 176 g/mol. The highest BCUT2D eigenvalue weighted by molar-refractivity contribution is 5.37. The average Bonchev–Trinajstić information content (AvgIpc) is 1.99. The first kappa shape index (κ1) is 11.4. The summed E-state index contributed by atoms with van der Waals surface area (Å²) in [5, 5.41) is 18.3. The van der Waals surface area contributed by atoms with Crippen LogP contribution in [0.4, 0.5) is 0 Å². The zero-order valence-corrected chi connectivity index (χ0v) is 7.65. The van der Waals surface area contributed by atoms with E-state index in [0.717, 1.165) is 0 Å². The molecular formula is C8H16O4. The number of aliphatic hydroxyl groups is 2. The van der Waals surface area contributed by atoms with Crippen LogP contribution in [0.3, 0.4) is 0 Å². The Morgan fingerprint density at radius 2 is 2.08 bits per heavy atom. The lowest BCUT2D eigenvalue weighted by Crippen LogP contribution is -2.47. The van der Waals surface area contributed by atoms with Gasteiger partial charge in [-0.25, -0.2) is 0 Å². The van der Waals surface area contributed by atoms with Crippen LogP contribution in [0.25, 0.3) is 0 Å². The van der Waals surface area contributed by atoms with E-state index >= 15 is 0 Å². The Labute approximate surface area is 72.2 Å². The Hall–Kier alpha value is -0.610. The standard InChI is InChI=1S/C8H16O4/c1-6(2)7(12-5-10)8(3,11)4-9/h5-7,9,11H,4H2,1-3H3. The van der Waals surface area contributed by atoms with Crippen LogP contribution in [-0.2, 0) is 9.53 Å². The Morgan fingerprint density at radius 3 is 2.33 bits per heavy atom.